The van der Waals surface area contributed by atoms with E-state index < -0.39 is 20.2 Å². The number of thioether (sulfide) groups is 1. The molecule has 1 rings (SSSR count). The number of hydrogen-bond donors (Lipinski definition) is 3. The van der Waals surface area contributed by atoms with Gasteiger partial charge in [0.15, 0.2) is 15.0 Å². The number of sulfone groups is 1. The van der Waals surface area contributed by atoms with Crippen molar-refractivity contribution in [1.29, 1.82) is 5.41 Å². The van der Waals surface area contributed by atoms with Gasteiger partial charge < -0.3 is 10.8 Å². The first-order valence-corrected chi connectivity index (χ1v) is 6.68. The predicted molar refractivity (Wildman–Crippen MR) is 57.2 cm³/mol. The molecule has 0 aliphatic carbocycles. The van der Waals surface area contributed by atoms with Crippen LogP contribution >= 0.6 is 11.8 Å². The first kappa shape index (κ1) is 11.8. The van der Waals surface area contributed by atoms with Crippen LogP contribution in [0.4, 0.5) is 0 Å². The first-order valence-electron chi connectivity index (χ1n) is 4.04. The van der Waals surface area contributed by atoms with Crippen LogP contribution < -0.4 is 5.73 Å². The smallest absolute Gasteiger partial charge is 0.154 e. The van der Waals surface area contributed by atoms with Crippen molar-refractivity contribution in [2.75, 3.05) is 11.5 Å². The molecule has 0 bridgehead atoms. The monoisotopic (exact) mass is 238 g/mol. The molecular weight excluding hydrogens is 224 g/mol. The highest BCUT2D eigenvalue weighted by molar-refractivity contribution is 8.15. The molecule has 0 spiro atoms. The van der Waals surface area contributed by atoms with Crippen LogP contribution in [-0.4, -0.2) is 40.5 Å². The zero-order valence-corrected chi connectivity index (χ0v) is 9.70. The molecule has 2 atom stereocenters. The molecule has 0 amide bonds. The Hall–Kier alpha value is -0.270. The fraction of sp³-hybridized carbons (Fsp3) is 0.857. The summed E-state index contributed by atoms with van der Waals surface area (Å²) in [6.07, 6.45) is 0. The van der Waals surface area contributed by atoms with Crippen molar-refractivity contribution in [3.05, 3.63) is 0 Å². The van der Waals surface area contributed by atoms with Gasteiger partial charge in [0.2, 0.25) is 0 Å². The van der Waals surface area contributed by atoms with Crippen molar-refractivity contribution in [2.45, 2.75) is 24.2 Å². The third kappa shape index (κ3) is 2.04. The average Bonchev–Trinajstić information content (AvgIpc) is 1.91. The van der Waals surface area contributed by atoms with Crippen molar-refractivity contribution < 1.29 is 13.5 Å². The van der Waals surface area contributed by atoms with Gasteiger partial charge in [-0.25, -0.2) is 8.42 Å². The van der Waals surface area contributed by atoms with E-state index in [4.69, 9.17) is 11.1 Å². The second-order valence-corrected chi connectivity index (χ2v) is 7.61. The molecule has 0 radical (unpaired) electrons. The molecule has 5 nitrogen and oxygen atoms in total. The lowest BCUT2D eigenvalue weighted by molar-refractivity contribution is 0.0628. The summed E-state index contributed by atoms with van der Waals surface area (Å²) in [5.41, 5.74) is 3.88. The molecule has 0 unspecified atom stereocenters. The van der Waals surface area contributed by atoms with Gasteiger partial charge in [-0.05, 0) is 13.8 Å². The summed E-state index contributed by atoms with van der Waals surface area (Å²) in [6.45, 7) is 3.08. The minimum absolute atomic E-state index is 0.142. The Morgan fingerprint density at radius 1 is 1.50 bits per heavy atom. The third-order valence-corrected chi connectivity index (χ3v) is 5.93. The van der Waals surface area contributed by atoms with Crippen LogP contribution in [0.2, 0.25) is 0 Å². The lowest BCUT2D eigenvalue weighted by Gasteiger charge is -2.33. The molecule has 1 aliphatic rings. The summed E-state index contributed by atoms with van der Waals surface area (Å²) in [6, 6.07) is 0. The number of amidine groups is 1. The van der Waals surface area contributed by atoms with Gasteiger partial charge in [0.05, 0.1) is 21.9 Å². The second kappa shape index (κ2) is 3.11. The van der Waals surface area contributed by atoms with Crippen LogP contribution in [0.15, 0.2) is 0 Å². The predicted octanol–water partition coefficient (Wildman–Crippen LogP) is -0.449. The third-order valence-electron chi connectivity index (χ3n) is 2.47. The summed E-state index contributed by atoms with van der Waals surface area (Å²) < 4.78 is 21.8. The number of aliphatic hydroxyl groups is 1. The maximum atomic E-state index is 11.4. The Morgan fingerprint density at radius 3 is 2.29 bits per heavy atom. The van der Waals surface area contributed by atoms with Gasteiger partial charge >= 0.3 is 0 Å². The van der Waals surface area contributed by atoms with Crippen molar-refractivity contribution >= 4 is 26.8 Å². The van der Waals surface area contributed by atoms with Gasteiger partial charge in [-0.3, -0.25) is 5.41 Å². The lowest BCUT2D eigenvalue weighted by Crippen LogP contribution is -2.47. The van der Waals surface area contributed by atoms with Gasteiger partial charge in [-0.2, -0.15) is 0 Å². The van der Waals surface area contributed by atoms with Gasteiger partial charge in [-0.15, -0.1) is 0 Å². The maximum absolute atomic E-state index is 11.4. The Morgan fingerprint density at radius 2 is 2.00 bits per heavy atom. The van der Waals surface area contributed by atoms with Crippen LogP contribution in [0.5, 0.6) is 0 Å². The molecule has 1 aliphatic heterocycles. The molecule has 0 aromatic heterocycles. The van der Waals surface area contributed by atoms with E-state index in [0.717, 1.165) is 11.8 Å². The van der Waals surface area contributed by atoms with E-state index in [1.807, 2.05) is 0 Å². The summed E-state index contributed by atoms with van der Waals surface area (Å²) in [5, 5.41) is 16.9. The molecular formula is C7H14N2O3S2. The summed E-state index contributed by atoms with van der Waals surface area (Å²) in [5.74, 6) is -0.409. The van der Waals surface area contributed by atoms with Gasteiger partial charge in [0.25, 0.3) is 0 Å². The quantitative estimate of drug-likeness (QED) is 0.424. The molecule has 0 saturated carbocycles. The topological polar surface area (TPSA) is 104 Å². The zero-order valence-electron chi connectivity index (χ0n) is 8.07. The Bertz CT molecular complexity index is 363. The van der Waals surface area contributed by atoms with Crippen molar-refractivity contribution in [1.82, 2.24) is 0 Å². The van der Waals surface area contributed by atoms with Crippen molar-refractivity contribution in [2.24, 2.45) is 5.73 Å². The molecule has 0 aromatic rings. The van der Waals surface area contributed by atoms with E-state index in [-0.39, 0.29) is 16.7 Å². The Kier molecular flexibility index (Phi) is 2.62. The van der Waals surface area contributed by atoms with E-state index >= 15 is 0 Å². The fourth-order valence-electron chi connectivity index (χ4n) is 1.59. The van der Waals surface area contributed by atoms with Gasteiger partial charge in [-0.1, -0.05) is 11.8 Å². The molecule has 82 valence electrons. The van der Waals surface area contributed by atoms with E-state index in [2.05, 4.69) is 0 Å². The van der Waals surface area contributed by atoms with Crippen molar-refractivity contribution in [3.8, 4) is 0 Å². The van der Waals surface area contributed by atoms with Crippen molar-refractivity contribution in [3.63, 3.8) is 0 Å². The first-order chi connectivity index (χ1) is 6.08. The fourth-order valence-corrected chi connectivity index (χ4v) is 5.66. The molecule has 1 fully saturated rings. The minimum atomic E-state index is -3.23. The molecule has 1 heterocycles. The SMILES string of the molecule is C[C@]1(O)CS(=O)(=O)C[C@]1(C)SC(=N)N. The van der Waals surface area contributed by atoms with Crippen LogP contribution in [0.3, 0.4) is 0 Å². The number of hydrogen-bond acceptors (Lipinski definition) is 5. The number of nitrogens with one attached hydrogen (secondary N) is 1. The Balaban J connectivity index is 3.05. The normalized spacial score (nSPS) is 41.1. The standard InChI is InChI=1S/C7H14N2O3S2/c1-6(10)3-14(11,12)4-7(6,2)13-5(8)9/h10H,3-4H2,1-2H3,(H3,8,9)/t6-,7-/m0/s1. The molecule has 4 N–H and O–H groups in total. The van der Waals surface area contributed by atoms with Crippen LogP contribution in [0.1, 0.15) is 13.8 Å². The molecule has 7 heteroatoms. The maximum Gasteiger partial charge on any atom is 0.154 e. The molecule has 0 aromatic carbocycles. The van der Waals surface area contributed by atoms with Gasteiger partial charge in [0.1, 0.15) is 0 Å². The van der Waals surface area contributed by atoms with E-state index in [1.54, 1.807) is 6.92 Å². The van der Waals surface area contributed by atoms with E-state index in [0.29, 0.717) is 0 Å². The number of nitrogens with two attached hydrogens (primary N) is 1. The highest BCUT2D eigenvalue weighted by atomic mass is 32.2. The van der Waals surface area contributed by atoms with E-state index in [1.165, 1.54) is 6.92 Å². The summed E-state index contributed by atoms with van der Waals surface area (Å²) in [4.78, 5) is 0. The molecule has 1 saturated heterocycles. The van der Waals surface area contributed by atoms with Crippen LogP contribution in [0, 0.1) is 5.41 Å². The summed E-state index contributed by atoms with van der Waals surface area (Å²) in [7, 11) is -3.23. The zero-order chi connectivity index (χ0) is 11.2. The minimum Gasteiger partial charge on any atom is -0.388 e. The Labute approximate surface area is 87.5 Å². The largest absolute Gasteiger partial charge is 0.388 e. The highest BCUT2D eigenvalue weighted by Crippen LogP contribution is 2.43. The second-order valence-electron chi connectivity index (χ2n) is 4.00. The molecule has 14 heavy (non-hydrogen) atoms. The summed E-state index contributed by atoms with van der Waals surface area (Å²) >= 11 is 0.906. The highest BCUT2D eigenvalue weighted by Gasteiger charge is 2.55. The number of rotatable bonds is 1. The lowest BCUT2D eigenvalue weighted by atomic mass is 9.94. The van der Waals surface area contributed by atoms with Crippen LogP contribution in [0.25, 0.3) is 0 Å². The van der Waals surface area contributed by atoms with Gasteiger partial charge in [0, 0.05) is 0 Å². The van der Waals surface area contributed by atoms with Crippen LogP contribution in [-0.2, 0) is 9.84 Å². The average molecular weight is 238 g/mol. The van der Waals surface area contributed by atoms with E-state index in [9.17, 15) is 13.5 Å².